The van der Waals surface area contributed by atoms with Gasteiger partial charge in [0.1, 0.15) is 0 Å². The normalized spacial score (nSPS) is 14.5. The summed E-state index contributed by atoms with van der Waals surface area (Å²) in [7, 11) is 4.13. The van der Waals surface area contributed by atoms with Crippen molar-refractivity contribution in [2.75, 3.05) is 50.1 Å². The summed E-state index contributed by atoms with van der Waals surface area (Å²) in [6.07, 6.45) is 1.94. The Balaban J connectivity index is 1.42. The SMILES string of the molecule is CN(C)c1ccc(-c2ccccc2CN2CCN(c3ccc([C]=O)cc3)CC2)cc1. The summed E-state index contributed by atoms with van der Waals surface area (Å²) in [6, 6.07) is 25.2. The number of anilines is 2. The van der Waals surface area contributed by atoms with Gasteiger partial charge in [0.2, 0.25) is 6.29 Å². The third-order valence-electron chi connectivity index (χ3n) is 5.83. The maximum Gasteiger partial charge on any atom is 0.233 e. The summed E-state index contributed by atoms with van der Waals surface area (Å²) in [4.78, 5) is 17.8. The van der Waals surface area contributed by atoms with Crippen LogP contribution in [0.2, 0.25) is 0 Å². The van der Waals surface area contributed by atoms with E-state index in [1.54, 1.807) is 0 Å². The molecule has 3 aromatic rings. The molecule has 0 atom stereocenters. The monoisotopic (exact) mass is 398 g/mol. The molecule has 4 nitrogen and oxygen atoms in total. The number of nitrogens with zero attached hydrogens (tertiary/aromatic N) is 3. The average molecular weight is 399 g/mol. The Labute approximate surface area is 179 Å². The second kappa shape index (κ2) is 9.14. The lowest BCUT2D eigenvalue weighted by Crippen LogP contribution is -2.46. The molecule has 1 heterocycles. The van der Waals surface area contributed by atoms with Gasteiger partial charge in [-0.2, -0.15) is 0 Å². The van der Waals surface area contributed by atoms with Gasteiger partial charge in [-0.1, -0.05) is 36.4 Å². The number of hydrogen-bond acceptors (Lipinski definition) is 4. The van der Waals surface area contributed by atoms with Gasteiger partial charge in [-0.05, 0) is 53.1 Å². The molecule has 153 valence electrons. The van der Waals surface area contributed by atoms with Gasteiger partial charge in [0.15, 0.2) is 0 Å². The minimum Gasteiger partial charge on any atom is -0.378 e. The van der Waals surface area contributed by atoms with E-state index in [-0.39, 0.29) is 0 Å². The van der Waals surface area contributed by atoms with Gasteiger partial charge in [0.05, 0.1) is 0 Å². The first-order valence-electron chi connectivity index (χ1n) is 10.5. The van der Waals surface area contributed by atoms with Crippen LogP contribution in [0.25, 0.3) is 11.1 Å². The van der Waals surface area contributed by atoms with Crippen LogP contribution in [0, 0.1) is 0 Å². The molecular formula is C26H28N3O. The van der Waals surface area contributed by atoms with Crippen LogP contribution in [0.3, 0.4) is 0 Å². The zero-order valence-electron chi connectivity index (χ0n) is 17.7. The van der Waals surface area contributed by atoms with Crippen LogP contribution in [0.5, 0.6) is 0 Å². The second-order valence-electron chi connectivity index (χ2n) is 8.01. The molecule has 1 aliphatic rings. The van der Waals surface area contributed by atoms with Gasteiger partial charge < -0.3 is 9.80 Å². The maximum absolute atomic E-state index is 10.7. The lowest BCUT2D eigenvalue weighted by atomic mass is 9.99. The zero-order valence-corrected chi connectivity index (χ0v) is 17.7. The lowest BCUT2D eigenvalue weighted by molar-refractivity contribution is 0.250. The van der Waals surface area contributed by atoms with Crippen molar-refractivity contribution < 1.29 is 4.79 Å². The van der Waals surface area contributed by atoms with Gasteiger partial charge in [-0.3, -0.25) is 9.69 Å². The fourth-order valence-corrected chi connectivity index (χ4v) is 4.02. The highest BCUT2D eigenvalue weighted by Crippen LogP contribution is 2.27. The third-order valence-corrected chi connectivity index (χ3v) is 5.83. The molecule has 1 aliphatic heterocycles. The predicted molar refractivity (Wildman–Crippen MR) is 125 cm³/mol. The molecule has 30 heavy (non-hydrogen) atoms. The Morgan fingerprint density at radius 1 is 0.833 bits per heavy atom. The van der Waals surface area contributed by atoms with Gasteiger partial charge in [-0.15, -0.1) is 0 Å². The van der Waals surface area contributed by atoms with Crippen molar-refractivity contribution in [3.05, 3.63) is 83.9 Å². The standard InChI is InChI=1S/C26H28N3O/c1-27(2)24-13-9-22(10-14-24)26-6-4-3-5-23(26)19-28-15-17-29(18-16-28)25-11-7-21(20-30)8-12-25/h3-14H,15-19H2,1-2H3. The molecule has 0 aromatic heterocycles. The van der Waals surface area contributed by atoms with E-state index in [4.69, 9.17) is 0 Å². The Kier molecular flexibility index (Phi) is 6.15. The van der Waals surface area contributed by atoms with Crippen molar-refractivity contribution in [3.63, 3.8) is 0 Å². The van der Waals surface area contributed by atoms with Crippen LogP contribution in [0.4, 0.5) is 11.4 Å². The van der Waals surface area contributed by atoms with Crippen LogP contribution in [0.15, 0.2) is 72.8 Å². The molecular weight excluding hydrogens is 370 g/mol. The fraction of sp³-hybridized carbons (Fsp3) is 0.269. The molecule has 4 rings (SSSR count). The first-order chi connectivity index (χ1) is 14.6. The molecule has 0 N–H and O–H groups in total. The van der Waals surface area contributed by atoms with Crippen LogP contribution in [-0.4, -0.2) is 51.5 Å². The minimum absolute atomic E-state index is 0.604. The molecule has 1 saturated heterocycles. The Bertz CT molecular complexity index is 972. The van der Waals surface area contributed by atoms with E-state index in [1.807, 2.05) is 30.6 Å². The molecule has 0 amide bonds. The summed E-state index contributed by atoms with van der Waals surface area (Å²) >= 11 is 0. The van der Waals surface area contributed by atoms with E-state index in [2.05, 4.69) is 77.3 Å². The fourth-order valence-electron chi connectivity index (χ4n) is 4.02. The van der Waals surface area contributed by atoms with Gasteiger partial charge >= 0.3 is 0 Å². The molecule has 1 fully saturated rings. The predicted octanol–water partition coefficient (Wildman–Crippen LogP) is 4.20. The van der Waals surface area contributed by atoms with Gasteiger partial charge in [0, 0.05) is 63.8 Å². The van der Waals surface area contributed by atoms with Crippen molar-refractivity contribution in [1.82, 2.24) is 4.90 Å². The average Bonchev–Trinajstić information content (AvgIpc) is 2.80. The summed E-state index contributed by atoms with van der Waals surface area (Å²) in [6.45, 7) is 4.98. The van der Waals surface area contributed by atoms with Crippen molar-refractivity contribution >= 4 is 17.7 Å². The first-order valence-corrected chi connectivity index (χ1v) is 10.5. The summed E-state index contributed by atoms with van der Waals surface area (Å²) in [5.74, 6) is 0. The van der Waals surface area contributed by atoms with Gasteiger partial charge in [0.25, 0.3) is 0 Å². The lowest BCUT2D eigenvalue weighted by Gasteiger charge is -2.36. The van der Waals surface area contributed by atoms with E-state index < -0.39 is 0 Å². The third kappa shape index (κ3) is 4.55. The second-order valence-corrected chi connectivity index (χ2v) is 8.01. The van der Waals surface area contributed by atoms with Crippen molar-refractivity contribution in [2.24, 2.45) is 0 Å². The number of hydrogen-bond donors (Lipinski definition) is 0. The van der Waals surface area contributed by atoms with E-state index in [0.717, 1.165) is 32.7 Å². The number of carbonyl (C=O) groups excluding carboxylic acids is 1. The highest BCUT2D eigenvalue weighted by atomic mass is 16.1. The number of rotatable bonds is 6. The summed E-state index contributed by atoms with van der Waals surface area (Å²) in [5.41, 5.74) is 6.94. The van der Waals surface area contributed by atoms with Crippen LogP contribution in [0.1, 0.15) is 11.1 Å². The highest BCUT2D eigenvalue weighted by Gasteiger charge is 2.18. The van der Waals surface area contributed by atoms with Crippen LogP contribution < -0.4 is 9.80 Å². The van der Waals surface area contributed by atoms with E-state index in [1.165, 1.54) is 28.1 Å². The van der Waals surface area contributed by atoms with Crippen LogP contribution >= 0.6 is 0 Å². The maximum atomic E-state index is 10.7. The van der Waals surface area contributed by atoms with Crippen molar-refractivity contribution in [2.45, 2.75) is 6.54 Å². The van der Waals surface area contributed by atoms with Gasteiger partial charge in [-0.25, -0.2) is 0 Å². The molecule has 0 saturated carbocycles. The topological polar surface area (TPSA) is 26.8 Å². The smallest absolute Gasteiger partial charge is 0.233 e. The van der Waals surface area contributed by atoms with E-state index in [9.17, 15) is 4.79 Å². The minimum atomic E-state index is 0.604. The molecule has 0 aliphatic carbocycles. The Morgan fingerprint density at radius 2 is 1.50 bits per heavy atom. The molecule has 0 unspecified atom stereocenters. The van der Waals surface area contributed by atoms with E-state index in [0.29, 0.717) is 5.56 Å². The summed E-state index contributed by atoms with van der Waals surface area (Å²) < 4.78 is 0. The first kappa shape index (κ1) is 20.2. The molecule has 3 aromatic carbocycles. The largest absolute Gasteiger partial charge is 0.378 e. The van der Waals surface area contributed by atoms with Crippen molar-refractivity contribution in [1.29, 1.82) is 0 Å². The molecule has 0 bridgehead atoms. The number of piperazine rings is 1. The van der Waals surface area contributed by atoms with Crippen LogP contribution in [-0.2, 0) is 11.3 Å². The molecule has 0 spiro atoms. The molecule has 4 heteroatoms. The van der Waals surface area contributed by atoms with Crippen molar-refractivity contribution in [3.8, 4) is 11.1 Å². The van der Waals surface area contributed by atoms with E-state index >= 15 is 0 Å². The quantitative estimate of drug-likeness (QED) is 0.622. The Morgan fingerprint density at radius 3 is 2.13 bits per heavy atom. The summed E-state index contributed by atoms with van der Waals surface area (Å²) in [5, 5.41) is 0. The number of benzene rings is 3. The highest BCUT2D eigenvalue weighted by molar-refractivity contribution is 5.76. The molecule has 1 radical (unpaired) electrons. The Hall–Kier alpha value is -3.11. The zero-order chi connectivity index (χ0) is 20.9.